The normalized spacial score (nSPS) is 19.6. The molecular weight excluding hydrogens is 418 g/mol. The van der Waals surface area contributed by atoms with Gasteiger partial charge in [0.1, 0.15) is 15.8 Å². The van der Waals surface area contributed by atoms with Crippen molar-refractivity contribution in [2.24, 2.45) is 5.92 Å². The maximum atomic E-state index is 13.0. The lowest BCUT2D eigenvalue weighted by atomic mass is 9.88. The molecule has 0 N–H and O–H groups in total. The molecule has 2 aromatic heterocycles. The van der Waals surface area contributed by atoms with Crippen LogP contribution in [0.15, 0.2) is 30.5 Å². The van der Waals surface area contributed by atoms with E-state index in [2.05, 4.69) is 56.3 Å². The highest BCUT2D eigenvalue weighted by molar-refractivity contribution is 7.14. The van der Waals surface area contributed by atoms with Crippen molar-refractivity contribution in [3.63, 3.8) is 0 Å². The van der Waals surface area contributed by atoms with Crippen LogP contribution in [0, 0.1) is 12.8 Å². The summed E-state index contributed by atoms with van der Waals surface area (Å²) in [5, 5.41) is 12.5. The van der Waals surface area contributed by atoms with Gasteiger partial charge in [0.25, 0.3) is 0 Å². The monoisotopic (exact) mass is 449 g/mol. The third-order valence-corrected chi connectivity index (χ3v) is 7.98. The summed E-state index contributed by atoms with van der Waals surface area (Å²) < 4.78 is 0. The minimum atomic E-state index is 0.172. The highest BCUT2D eigenvalue weighted by Gasteiger charge is 2.30. The van der Waals surface area contributed by atoms with Gasteiger partial charge in [0, 0.05) is 41.2 Å². The van der Waals surface area contributed by atoms with E-state index in [0.29, 0.717) is 18.2 Å². The molecule has 0 bridgehead atoms. The van der Waals surface area contributed by atoms with Gasteiger partial charge in [-0.1, -0.05) is 23.5 Å². The topological polar surface area (TPSA) is 62.2 Å². The molecule has 7 heteroatoms. The second kappa shape index (κ2) is 9.33. The highest BCUT2D eigenvalue weighted by Crippen LogP contribution is 2.28. The predicted octanol–water partition coefficient (Wildman–Crippen LogP) is 3.98. The molecule has 6 nitrogen and oxygen atoms in total. The largest absolute Gasteiger partial charge is 0.306 e. The lowest BCUT2D eigenvalue weighted by Crippen LogP contribution is -2.47. The zero-order chi connectivity index (χ0) is 22.1. The van der Waals surface area contributed by atoms with Gasteiger partial charge in [-0.25, -0.2) is 0 Å². The molecule has 0 aliphatic carbocycles. The lowest BCUT2D eigenvalue weighted by molar-refractivity contribution is -0.124. The summed E-state index contributed by atoms with van der Waals surface area (Å²) in [7, 11) is 2.21. The number of fused-ring (bicyclic) bond motifs is 1. The Hall–Kier alpha value is -2.22. The lowest BCUT2D eigenvalue weighted by Gasteiger charge is -2.40. The Morgan fingerprint density at radius 3 is 2.53 bits per heavy atom. The van der Waals surface area contributed by atoms with Crippen LogP contribution in [0.4, 0.5) is 0 Å². The van der Waals surface area contributed by atoms with E-state index in [4.69, 9.17) is 0 Å². The summed E-state index contributed by atoms with van der Waals surface area (Å²) >= 11 is 1.60. The number of benzene rings is 1. The first-order valence-corrected chi connectivity index (χ1v) is 12.5. The molecular formula is C25H31N5OS. The number of ketones is 1. The van der Waals surface area contributed by atoms with Crippen LogP contribution in [0.2, 0.25) is 0 Å². The fraction of sp³-hybridized carbons (Fsp3) is 0.520. The number of carbonyl (C=O) groups is 1. The average molecular weight is 450 g/mol. The molecule has 0 radical (unpaired) electrons. The number of aromatic nitrogens is 3. The highest BCUT2D eigenvalue weighted by atomic mass is 32.1. The number of likely N-dealkylation sites (tertiary alicyclic amines) is 2. The van der Waals surface area contributed by atoms with Crippen LogP contribution in [-0.4, -0.2) is 70.0 Å². The molecule has 0 spiro atoms. The number of nitrogens with zero attached hydrogens (tertiary/aromatic N) is 5. The number of piperidine rings is 2. The Balaban J connectivity index is 1.22. The van der Waals surface area contributed by atoms with Crippen LogP contribution in [-0.2, 0) is 11.2 Å². The first-order chi connectivity index (χ1) is 15.5. The van der Waals surface area contributed by atoms with E-state index in [9.17, 15) is 4.79 Å². The van der Waals surface area contributed by atoms with Crippen LogP contribution in [0.1, 0.15) is 36.4 Å². The van der Waals surface area contributed by atoms with Gasteiger partial charge < -0.3 is 9.80 Å². The summed E-state index contributed by atoms with van der Waals surface area (Å²) in [5.41, 5.74) is 1.93. The molecule has 2 fully saturated rings. The van der Waals surface area contributed by atoms with Crippen molar-refractivity contribution in [3.05, 3.63) is 41.2 Å². The SMILES string of the molecule is Cc1nnc(-c2ccc3cnc(CC(=O)C4CCN(C5CCN(C)CC5)CC4)cc3c2)s1. The van der Waals surface area contributed by atoms with E-state index >= 15 is 0 Å². The minimum absolute atomic E-state index is 0.172. The molecule has 4 heterocycles. The fourth-order valence-electron chi connectivity index (χ4n) is 5.10. The minimum Gasteiger partial charge on any atom is -0.306 e. The molecule has 32 heavy (non-hydrogen) atoms. The van der Waals surface area contributed by atoms with Crippen molar-refractivity contribution in [2.45, 2.75) is 45.1 Å². The fourth-order valence-corrected chi connectivity index (χ4v) is 5.79. The van der Waals surface area contributed by atoms with E-state index in [1.807, 2.05) is 13.1 Å². The van der Waals surface area contributed by atoms with Crippen LogP contribution >= 0.6 is 11.3 Å². The number of pyridine rings is 1. The summed E-state index contributed by atoms with van der Waals surface area (Å²) in [6.07, 6.45) is 6.80. The van der Waals surface area contributed by atoms with Crippen LogP contribution in [0.25, 0.3) is 21.3 Å². The summed E-state index contributed by atoms with van der Waals surface area (Å²) in [4.78, 5) is 22.7. The molecule has 0 atom stereocenters. The van der Waals surface area contributed by atoms with E-state index in [1.165, 1.54) is 25.9 Å². The number of hydrogen-bond acceptors (Lipinski definition) is 7. The Kier molecular flexibility index (Phi) is 6.31. The number of rotatable bonds is 5. The Morgan fingerprint density at radius 2 is 1.81 bits per heavy atom. The number of Topliss-reactive ketones (excluding diaryl/α,β-unsaturated/α-hetero) is 1. The zero-order valence-corrected chi connectivity index (χ0v) is 19.8. The first-order valence-electron chi connectivity index (χ1n) is 11.7. The summed E-state index contributed by atoms with van der Waals surface area (Å²) in [6.45, 7) is 6.46. The molecule has 5 rings (SSSR count). The van der Waals surface area contributed by atoms with Gasteiger partial charge in [0.05, 0.1) is 0 Å². The second-order valence-electron chi connectivity index (χ2n) is 9.35. The van der Waals surface area contributed by atoms with E-state index in [-0.39, 0.29) is 5.92 Å². The molecule has 2 aliphatic heterocycles. The smallest absolute Gasteiger partial charge is 0.147 e. The van der Waals surface area contributed by atoms with Gasteiger partial charge in [0.15, 0.2) is 0 Å². The summed E-state index contributed by atoms with van der Waals surface area (Å²) in [5.74, 6) is 0.515. The maximum Gasteiger partial charge on any atom is 0.147 e. The first kappa shape index (κ1) is 21.6. The Morgan fingerprint density at radius 1 is 1.03 bits per heavy atom. The second-order valence-corrected chi connectivity index (χ2v) is 10.5. The number of hydrogen-bond donors (Lipinski definition) is 0. The van der Waals surface area contributed by atoms with Crippen LogP contribution in [0.5, 0.6) is 0 Å². The zero-order valence-electron chi connectivity index (χ0n) is 19.0. The molecule has 2 saturated heterocycles. The van der Waals surface area contributed by atoms with Crippen molar-refractivity contribution in [1.82, 2.24) is 25.0 Å². The molecule has 3 aromatic rings. The quantitative estimate of drug-likeness (QED) is 0.587. The van der Waals surface area contributed by atoms with Crippen molar-refractivity contribution in [2.75, 3.05) is 33.2 Å². The molecule has 2 aliphatic rings. The van der Waals surface area contributed by atoms with Crippen LogP contribution < -0.4 is 0 Å². The van der Waals surface area contributed by atoms with E-state index in [0.717, 1.165) is 58.0 Å². The van der Waals surface area contributed by atoms with Crippen molar-refractivity contribution in [1.29, 1.82) is 0 Å². The van der Waals surface area contributed by atoms with Gasteiger partial charge in [-0.05, 0) is 83.4 Å². The average Bonchev–Trinajstić information content (AvgIpc) is 3.25. The molecule has 168 valence electrons. The third kappa shape index (κ3) is 4.75. The molecule has 0 saturated carbocycles. The molecule has 0 amide bonds. The number of aryl methyl sites for hydroxylation is 1. The van der Waals surface area contributed by atoms with Gasteiger partial charge >= 0.3 is 0 Å². The Labute approximate surface area is 193 Å². The van der Waals surface area contributed by atoms with Crippen molar-refractivity contribution >= 4 is 27.9 Å². The van der Waals surface area contributed by atoms with Gasteiger partial charge in [-0.3, -0.25) is 9.78 Å². The van der Waals surface area contributed by atoms with Crippen molar-refractivity contribution < 1.29 is 4.79 Å². The number of carbonyl (C=O) groups excluding carboxylic acids is 1. The summed E-state index contributed by atoms with van der Waals surface area (Å²) in [6, 6.07) is 9.03. The molecule has 0 unspecified atom stereocenters. The van der Waals surface area contributed by atoms with Gasteiger partial charge in [-0.15, -0.1) is 10.2 Å². The van der Waals surface area contributed by atoms with Crippen LogP contribution in [0.3, 0.4) is 0 Å². The van der Waals surface area contributed by atoms with Gasteiger partial charge in [-0.2, -0.15) is 0 Å². The maximum absolute atomic E-state index is 13.0. The van der Waals surface area contributed by atoms with E-state index < -0.39 is 0 Å². The standard InChI is InChI=1S/C25H31N5OS/c1-17-27-28-25(32-17)19-3-4-20-16-26-22(14-21(20)13-19)15-24(31)18-5-11-30(12-6-18)23-7-9-29(2)10-8-23/h3-4,13-14,16,18,23H,5-12,15H2,1-2H3. The molecule has 1 aromatic carbocycles. The van der Waals surface area contributed by atoms with E-state index in [1.54, 1.807) is 11.3 Å². The van der Waals surface area contributed by atoms with Crippen molar-refractivity contribution in [3.8, 4) is 10.6 Å². The van der Waals surface area contributed by atoms with Gasteiger partial charge in [0.2, 0.25) is 0 Å². The third-order valence-electron chi connectivity index (χ3n) is 7.10. The predicted molar refractivity (Wildman–Crippen MR) is 129 cm³/mol. The Bertz CT molecular complexity index is 1100.